The van der Waals surface area contributed by atoms with E-state index in [2.05, 4.69) is 10.4 Å². The van der Waals surface area contributed by atoms with Crippen LogP contribution in [0.1, 0.15) is 18.4 Å². The van der Waals surface area contributed by atoms with Crippen molar-refractivity contribution in [2.45, 2.75) is 19.3 Å². The summed E-state index contributed by atoms with van der Waals surface area (Å²) < 4.78 is 1.68. The summed E-state index contributed by atoms with van der Waals surface area (Å²) in [5.41, 5.74) is 2.70. The number of carbonyl (C=O) groups is 2. The number of benzene rings is 2. The van der Waals surface area contributed by atoms with E-state index in [-0.39, 0.29) is 30.5 Å². The fourth-order valence-corrected chi connectivity index (χ4v) is 3.72. The summed E-state index contributed by atoms with van der Waals surface area (Å²) in [6.07, 6.45) is 3.80. The van der Waals surface area contributed by atoms with Crippen LogP contribution < -0.4 is 5.32 Å². The van der Waals surface area contributed by atoms with Gasteiger partial charge < -0.3 is 10.2 Å². The molecule has 1 fully saturated rings. The molecule has 3 aromatic rings. The van der Waals surface area contributed by atoms with Crippen molar-refractivity contribution in [1.29, 1.82) is 0 Å². The first-order valence-electron chi connectivity index (χ1n) is 10.4. The van der Waals surface area contributed by atoms with Gasteiger partial charge in [-0.15, -0.1) is 0 Å². The topological polar surface area (TPSA) is 110 Å². The molecule has 1 aromatic heterocycles. The van der Waals surface area contributed by atoms with Gasteiger partial charge in [-0.05, 0) is 37.1 Å². The number of amides is 2. The number of nitrogens with one attached hydrogen (secondary N) is 1. The van der Waals surface area contributed by atoms with E-state index < -0.39 is 4.92 Å². The van der Waals surface area contributed by atoms with Gasteiger partial charge in [0.1, 0.15) is 0 Å². The van der Waals surface area contributed by atoms with Gasteiger partial charge in [-0.1, -0.05) is 18.2 Å². The molecule has 2 heterocycles. The molecule has 1 N–H and O–H groups in total. The molecule has 4 rings (SSSR count). The van der Waals surface area contributed by atoms with Gasteiger partial charge in [-0.3, -0.25) is 19.7 Å². The highest BCUT2D eigenvalue weighted by Gasteiger charge is 2.20. The quantitative estimate of drug-likeness (QED) is 0.455. The average molecular weight is 433 g/mol. The number of hydrogen-bond donors (Lipinski definition) is 1. The highest BCUT2D eigenvalue weighted by atomic mass is 16.6. The van der Waals surface area contributed by atoms with Crippen LogP contribution in [0.5, 0.6) is 0 Å². The normalized spacial score (nSPS) is 13.2. The summed E-state index contributed by atoms with van der Waals surface area (Å²) in [6, 6.07) is 15.5. The van der Waals surface area contributed by atoms with E-state index in [0.29, 0.717) is 16.8 Å². The minimum absolute atomic E-state index is 0.0176. The molecule has 9 heteroatoms. The van der Waals surface area contributed by atoms with Crippen LogP contribution in [-0.2, 0) is 16.0 Å². The standard InChI is InChI=1S/C23H23N5O4/c29-21(24-15-22(30)26-12-4-5-13-26)14-18-16-27(19-6-2-1-3-7-19)25-23(18)17-8-10-20(11-9-17)28(31)32/h1-3,6-11,16H,4-5,12-15H2,(H,24,29). The van der Waals surface area contributed by atoms with Gasteiger partial charge in [0, 0.05) is 42.5 Å². The first kappa shape index (κ1) is 21.2. The number of nitro groups is 1. The van der Waals surface area contributed by atoms with Crippen molar-refractivity contribution in [3.63, 3.8) is 0 Å². The first-order valence-corrected chi connectivity index (χ1v) is 10.4. The Kier molecular flexibility index (Phi) is 6.25. The van der Waals surface area contributed by atoms with Gasteiger partial charge in [0.2, 0.25) is 11.8 Å². The van der Waals surface area contributed by atoms with E-state index in [1.165, 1.54) is 12.1 Å². The van der Waals surface area contributed by atoms with Crippen molar-refractivity contribution < 1.29 is 14.5 Å². The van der Waals surface area contributed by atoms with E-state index in [1.807, 2.05) is 30.3 Å². The van der Waals surface area contributed by atoms with Crippen LogP contribution in [0.15, 0.2) is 60.8 Å². The predicted molar refractivity (Wildman–Crippen MR) is 118 cm³/mol. The number of nitrogens with zero attached hydrogens (tertiary/aromatic N) is 4. The second kappa shape index (κ2) is 9.42. The number of rotatable bonds is 7. The van der Waals surface area contributed by atoms with Gasteiger partial charge in [-0.2, -0.15) is 5.10 Å². The van der Waals surface area contributed by atoms with Gasteiger partial charge in [-0.25, -0.2) is 4.68 Å². The van der Waals surface area contributed by atoms with Crippen molar-refractivity contribution in [3.8, 4) is 16.9 Å². The van der Waals surface area contributed by atoms with Crippen molar-refractivity contribution in [2.24, 2.45) is 0 Å². The molecule has 1 saturated heterocycles. The van der Waals surface area contributed by atoms with E-state index in [4.69, 9.17) is 0 Å². The number of aromatic nitrogens is 2. The van der Waals surface area contributed by atoms with E-state index in [9.17, 15) is 19.7 Å². The highest BCUT2D eigenvalue weighted by Crippen LogP contribution is 2.26. The van der Waals surface area contributed by atoms with Gasteiger partial charge in [0.25, 0.3) is 5.69 Å². The van der Waals surface area contributed by atoms with Crippen LogP contribution in [0, 0.1) is 10.1 Å². The Morgan fingerprint density at radius 3 is 2.38 bits per heavy atom. The highest BCUT2D eigenvalue weighted by molar-refractivity contribution is 5.86. The average Bonchev–Trinajstić information content (AvgIpc) is 3.49. The maximum Gasteiger partial charge on any atom is 0.269 e. The lowest BCUT2D eigenvalue weighted by Gasteiger charge is -2.15. The van der Waals surface area contributed by atoms with Crippen LogP contribution >= 0.6 is 0 Å². The van der Waals surface area contributed by atoms with E-state index >= 15 is 0 Å². The zero-order chi connectivity index (χ0) is 22.5. The van der Waals surface area contributed by atoms with Crippen LogP contribution in [0.4, 0.5) is 5.69 Å². The largest absolute Gasteiger partial charge is 0.347 e. The molecule has 0 atom stereocenters. The molecular weight excluding hydrogens is 410 g/mol. The van der Waals surface area contributed by atoms with E-state index in [1.54, 1.807) is 27.9 Å². The number of nitro benzene ring substituents is 1. The molecule has 0 bridgehead atoms. The van der Waals surface area contributed by atoms with Gasteiger partial charge in [0.05, 0.1) is 29.3 Å². The molecule has 1 aliphatic rings. The van der Waals surface area contributed by atoms with Crippen LogP contribution in [0.25, 0.3) is 16.9 Å². The summed E-state index contributed by atoms with van der Waals surface area (Å²) in [7, 11) is 0. The first-order chi connectivity index (χ1) is 15.5. The Morgan fingerprint density at radius 2 is 1.72 bits per heavy atom. The number of non-ortho nitro benzene ring substituents is 1. The molecule has 0 radical (unpaired) electrons. The molecule has 0 unspecified atom stereocenters. The van der Waals surface area contributed by atoms with Crippen LogP contribution in [0.2, 0.25) is 0 Å². The SMILES string of the molecule is O=C(Cc1cn(-c2ccccc2)nc1-c1ccc([N+](=O)[O-])cc1)NCC(=O)N1CCCC1. The minimum atomic E-state index is -0.460. The molecule has 0 aliphatic carbocycles. The zero-order valence-electron chi connectivity index (χ0n) is 17.4. The smallest absolute Gasteiger partial charge is 0.269 e. The molecule has 2 aromatic carbocycles. The Morgan fingerprint density at radius 1 is 1.03 bits per heavy atom. The third-order valence-corrected chi connectivity index (χ3v) is 5.41. The maximum absolute atomic E-state index is 12.6. The molecule has 32 heavy (non-hydrogen) atoms. The number of carbonyl (C=O) groups excluding carboxylic acids is 2. The van der Waals surface area contributed by atoms with Crippen LogP contribution in [0.3, 0.4) is 0 Å². The lowest BCUT2D eigenvalue weighted by molar-refractivity contribution is -0.384. The second-order valence-electron chi connectivity index (χ2n) is 7.63. The lowest BCUT2D eigenvalue weighted by Crippen LogP contribution is -2.39. The van der Waals surface area contributed by atoms with Gasteiger partial charge >= 0.3 is 0 Å². The lowest BCUT2D eigenvalue weighted by atomic mass is 10.1. The molecule has 0 saturated carbocycles. The third-order valence-electron chi connectivity index (χ3n) is 5.41. The summed E-state index contributed by atoms with van der Waals surface area (Å²) in [5.74, 6) is -0.361. The van der Waals surface area contributed by atoms with E-state index in [0.717, 1.165) is 31.6 Å². The fraction of sp³-hybridized carbons (Fsp3) is 0.261. The van der Waals surface area contributed by atoms with Crippen molar-refractivity contribution in [3.05, 3.63) is 76.5 Å². The zero-order valence-corrected chi connectivity index (χ0v) is 17.4. The van der Waals surface area contributed by atoms with Crippen molar-refractivity contribution >= 4 is 17.5 Å². The monoisotopic (exact) mass is 433 g/mol. The molecular formula is C23H23N5O4. The summed E-state index contributed by atoms with van der Waals surface area (Å²) in [6.45, 7) is 1.45. The minimum Gasteiger partial charge on any atom is -0.347 e. The van der Waals surface area contributed by atoms with Crippen molar-refractivity contribution in [1.82, 2.24) is 20.0 Å². The molecule has 0 spiro atoms. The number of hydrogen-bond acceptors (Lipinski definition) is 5. The van der Waals surface area contributed by atoms with Crippen molar-refractivity contribution in [2.75, 3.05) is 19.6 Å². The predicted octanol–water partition coefficient (Wildman–Crippen LogP) is 2.73. The number of para-hydroxylation sites is 1. The Balaban J connectivity index is 1.55. The molecule has 2 amide bonds. The summed E-state index contributed by atoms with van der Waals surface area (Å²) in [5, 5.41) is 18.3. The summed E-state index contributed by atoms with van der Waals surface area (Å²) >= 11 is 0. The third kappa shape index (κ3) is 4.83. The Labute approximate surface area is 184 Å². The molecule has 1 aliphatic heterocycles. The number of likely N-dealkylation sites (tertiary alicyclic amines) is 1. The Bertz CT molecular complexity index is 1120. The Hall–Kier alpha value is -4.01. The fourth-order valence-electron chi connectivity index (χ4n) is 3.72. The van der Waals surface area contributed by atoms with Gasteiger partial charge in [0.15, 0.2) is 0 Å². The second-order valence-corrected chi connectivity index (χ2v) is 7.63. The maximum atomic E-state index is 12.6. The van der Waals surface area contributed by atoms with Crippen LogP contribution in [-0.4, -0.2) is 51.1 Å². The summed E-state index contributed by atoms with van der Waals surface area (Å²) in [4.78, 5) is 37.1. The molecule has 164 valence electrons. The molecule has 9 nitrogen and oxygen atoms in total.